The van der Waals surface area contributed by atoms with Crippen LogP contribution in [0.15, 0.2) is 24.3 Å². The van der Waals surface area contributed by atoms with Gasteiger partial charge in [-0.05, 0) is 30.7 Å². The molecule has 0 aliphatic heterocycles. The van der Waals surface area contributed by atoms with Gasteiger partial charge in [0, 0.05) is 18.7 Å². The van der Waals surface area contributed by atoms with E-state index in [0.29, 0.717) is 6.42 Å². The minimum Gasteiger partial charge on any atom is -0.326 e. The highest BCUT2D eigenvalue weighted by molar-refractivity contribution is 5.90. The second-order valence-corrected chi connectivity index (χ2v) is 4.48. The maximum Gasteiger partial charge on any atom is 0.224 e. The van der Waals surface area contributed by atoms with Gasteiger partial charge in [0.1, 0.15) is 0 Å². The van der Waals surface area contributed by atoms with Crippen molar-refractivity contribution in [1.82, 2.24) is 5.32 Å². The van der Waals surface area contributed by atoms with E-state index in [1.807, 2.05) is 24.3 Å². The van der Waals surface area contributed by atoms with Gasteiger partial charge in [-0.25, -0.2) is 0 Å². The zero-order valence-corrected chi connectivity index (χ0v) is 11.5. The van der Waals surface area contributed by atoms with Gasteiger partial charge < -0.3 is 10.6 Å². The van der Waals surface area contributed by atoms with Crippen LogP contribution in [-0.4, -0.2) is 12.5 Å². The predicted molar refractivity (Wildman–Crippen MR) is 76.6 cm³/mol. The highest BCUT2D eigenvalue weighted by atomic mass is 16.1. The molecule has 0 aliphatic carbocycles. The Bertz CT molecular complexity index is 346. The molecule has 0 spiro atoms. The van der Waals surface area contributed by atoms with Gasteiger partial charge in [-0.2, -0.15) is 0 Å². The molecule has 0 unspecified atom stereocenters. The molecule has 1 rings (SSSR count). The number of hydrogen-bond donors (Lipinski definition) is 2. The third-order valence-electron chi connectivity index (χ3n) is 2.82. The van der Waals surface area contributed by atoms with Crippen LogP contribution in [0.3, 0.4) is 0 Å². The molecule has 0 radical (unpaired) electrons. The molecule has 3 heteroatoms. The molecule has 0 saturated heterocycles. The molecule has 1 amide bonds. The standard InChI is InChI=1S/C15H24N2O/c1-3-5-6-7-15(18)17-14-10-8-13(9-11-14)12-16-4-2/h8-11,16H,3-7,12H2,1-2H3,(H,17,18). The van der Waals surface area contributed by atoms with E-state index < -0.39 is 0 Å². The lowest BCUT2D eigenvalue weighted by molar-refractivity contribution is -0.116. The number of carbonyl (C=O) groups excluding carboxylic acids is 1. The Labute approximate surface area is 110 Å². The van der Waals surface area contributed by atoms with Gasteiger partial charge in [-0.1, -0.05) is 38.8 Å². The van der Waals surface area contributed by atoms with Gasteiger partial charge in [0.15, 0.2) is 0 Å². The molecule has 0 bridgehead atoms. The van der Waals surface area contributed by atoms with Crippen LogP contribution in [0.2, 0.25) is 0 Å². The van der Waals surface area contributed by atoms with E-state index in [4.69, 9.17) is 0 Å². The first-order valence-electron chi connectivity index (χ1n) is 6.85. The first kappa shape index (κ1) is 14.7. The van der Waals surface area contributed by atoms with Crippen molar-refractivity contribution in [2.45, 2.75) is 46.1 Å². The Kier molecular flexibility index (Phi) is 7.11. The van der Waals surface area contributed by atoms with Crippen molar-refractivity contribution in [3.05, 3.63) is 29.8 Å². The number of hydrogen-bond acceptors (Lipinski definition) is 2. The van der Waals surface area contributed by atoms with Crippen molar-refractivity contribution < 1.29 is 4.79 Å². The minimum atomic E-state index is 0.114. The van der Waals surface area contributed by atoms with E-state index in [-0.39, 0.29) is 5.91 Å². The Morgan fingerprint density at radius 1 is 1.11 bits per heavy atom. The third-order valence-corrected chi connectivity index (χ3v) is 2.82. The molecule has 0 fully saturated rings. The normalized spacial score (nSPS) is 10.3. The van der Waals surface area contributed by atoms with Crippen molar-refractivity contribution in [2.75, 3.05) is 11.9 Å². The number of benzene rings is 1. The smallest absolute Gasteiger partial charge is 0.224 e. The Balaban J connectivity index is 2.35. The Morgan fingerprint density at radius 2 is 1.83 bits per heavy atom. The molecule has 0 heterocycles. The summed E-state index contributed by atoms with van der Waals surface area (Å²) in [6, 6.07) is 8.02. The zero-order chi connectivity index (χ0) is 13.2. The van der Waals surface area contributed by atoms with E-state index in [1.54, 1.807) is 0 Å². The number of unbranched alkanes of at least 4 members (excludes halogenated alkanes) is 2. The number of rotatable bonds is 8. The fourth-order valence-corrected chi connectivity index (χ4v) is 1.73. The lowest BCUT2D eigenvalue weighted by Gasteiger charge is -2.06. The maximum atomic E-state index is 11.6. The topological polar surface area (TPSA) is 41.1 Å². The summed E-state index contributed by atoms with van der Waals surface area (Å²) in [6.45, 7) is 6.07. The second kappa shape index (κ2) is 8.70. The summed E-state index contributed by atoms with van der Waals surface area (Å²) in [6.07, 6.45) is 3.86. The fraction of sp³-hybridized carbons (Fsp3) is 0.533. The van der Waals surface area contributed by atoms with Gasteiger partial charge in [0.25, 0.3) is 0 Å². The molecule has 1 aromatic carbocycles. The molecule has 0 aromatic heterocycles. The SMILES string of the molecule is CCCCCC(=O)Nc1ccc(CNCC)cc1. The van der Waals surface area contributed by atoms with Gasteiger partial charge >= 0.3 is 0 Å². The first-order chi connectivity index (χ1) is 8.76. The van der Waals surface area contributed by atoms with Crippen LogP contribution in [0.1, 0.15) is 45.1 Å². The maximum absolute atomic E-state index is 11.6. The van der Waals surface area contributed by atoms with Crippen LogP contribution in [0, 0.1) is 0 Å². The molecular weight excluding hydrogens is 224 g/mol. The Morgan fingerprint density at radius 3 is 2.44 bits per heavy atom. The van der Waals surface area contributed by atoms with Crippen molar-refractivity contribution in [2.24, 2.45) is 0 Å². The molecule has 0 saturated carbocycles. The van der Waals surface area contributed by atoms with E-state index in [0.717, 1.165) is 38.0 Å². The quantitative estimate of drug-likeness (QED) is 0.693. The number of anilines is 1. The van der Waals surface area contributed by atoms with E-state index >= 15 is 0 Å². The summed E-state index contributed by atoms with van der Waals surface area (Å²) in [5, 5.41) is 6.20. The third kappa shape index (κ3) is 5.82. The average Bonchev–Trinajstić information content (AvgIpc) is 2.38. The van der Waals surface area contributed by atoms with Crippen LogP contribution < -0.4 is 10.6 Å². The van der Waals surface area contributed by atoms with Gasteiger partial charge in [-0.15, -0.1) is 0 Å². The molecule has 0 atom stereocenters. The highest BCUT2D eigenvalue weighted by Gasteiger charge is 2.01. The molecular formula is C15H24N2O. The lowest BCUT2D eigenvalue weighted by atomic mass is 10.2. The van der Waals surface area contributed by atoms with Crippen molar-refractivity contribution in [3.63, 3.8) is 0 Å². The molecule has 0 aliphatic rings. The number of amides is 1. The molecule has 18 heavy (non-hydrogen) atoms. The van der Waals surface area contributed by atoms with Crippen molar-refractivity contribution in [3.8, 4) is 0 Å². The predicted octanol–water partition coefficient (Wildman–Crippen LogP) is 3.31. The summed E-state index contributed by atoms with van der Waals surface area (Å²) < 4.78 is 0. The lowest BCUT2D eigenvalue weighted by Crippen LogP contribution is -2.12. The monoisotopic (exact) mass is 248 g/mol. The van der Waals surface area contributed by atoms with Gasteiger partial charge in [0.05, 0.1) is 0 Å². The van der Waals surface area contributed by atoms with Gasteiger partial charge in [0.2, 0.25) is 5.91 Å². The van der Waals surface area contributed by atoms with Crippen LogP contribution >= 0.6 is 0 Å². The summed E-state index contributed by atoms with van der Waals surface area (Å²) in [7, 11) is 0. The van der Waals surface area contributed by atoms with Crippen molar-refractivity contribution in [1.29, 1.82) is 0 Å². The molecule has 100 valence electrons. The van der Waals surface area contributed by atoms with Crippen LogP contribution in [0.5, 0.6) is 0 Å². The average molecular weight is 248 g/mol. The number of carbonyl (C=O) groups is 1. The Hall–Kier alpha value is -1.35. The van der Waals surface area contributed by atoms with Crippen LogP contribution in [-0.2, 0) is 11.3 Å². The second-order valence-electron chi connectivity index (χ2n) is 4.48. The van der Waals surface area contributed by atoms with E-state index in [1.165, 1.54) is 5.56 Å². The van der Waals surface area contributed by atoms with E-state index in [2.05, 4.69) is 24.5 Å². The van der Waals surface area contributed by atoms with Crippen molar-refractivity contribution >= 4 is 11.6 Å². The summed E-state index contributed by atoms with van der Waals surface area (Å²) in [4.78, 5) is 11.6. The first-order valence-corrected chi connectivity index (χ1v) is 6.85. The number of nitrogens with one attached hydrogen (secondary N) is 2. The summed E-state index contributed by atoms with van der Waals surface area (Å²) in [5.41, 5.74) is 2.12. The largest absolute Gasteiger partial charge is 0.326 e. The van der Waals surface area contributed by atoms with Crippen LogP contribution in [0.25, 0.3) is 0 Å². The minimum absolute atomic E-state index is 0.114. The molecule has 2 N–H and O–H groups in total. The summed E-state index contributed by atoms with van der Waals surface area (Å²) >= 11 is 0. The molecule has 3 nitrogen and oxygen atoms in total. The van der Waals surface area contributed by atoms with Crippen LogP contribution in [0.4, 0.5) is 5.69 Å². The van der Waals surface area contributed by atoms with Gasteiger partial charge in [-0.3, -0.25) is 4.79 Å². The zero-order valence-electron chi connectivity index (χ0n) is 11.5. The van der Waals surface area contributed by atoms with E-state index in [9.17, 15) is 4.79 Å². The molecule has 1 aromatic rings. The summed E-state index contributed by atoms with van der Waals surface area (Å²) in [5.74, 6) is 0.114. The fourth-order valence-electron chi connectivity index (χ4n) is 1.73. The highest BCUT2D eigenvalue weighted by Crippen LogP contribution is 2.10.